The molecule has 6 atom stereocenters. The number of fused-ring (bicyclic) bond motifs is 1. The fourth-order valence-electron chi connectivity index (χ4n) is 6.70. The average Bonchev–Trinajstić information content (AvgIpc) is 3.40. The van der Waals surface area contributed by atoms with Gasteiger partial charge in [-0.3, -0.25) is 10.1 Å². The number of nitrogens with one attached hydrogen (secondary N) is 2. The summed E-state index contributed by atoms with van der Waals surface area (Å²) in [5, 5.41) is 28.8. The maximum absolute atomic E-state index is 13.1. The largest absolute Gasteiger partial charge is 0.445 e. The number of halogens is 3. The molecule has 11 heteroatoms. The van der Waals surface area contributed by atoms with Crippen molar-refractivity contribution < 1.29 is 37.7 Å². The van der Waals surface area contributed by atoms with Crippen LogP contribution in [0.15, 0.2) is 41.8 Å². The number of rotatable bonds is 7. The Hall–Kier alpha value is -2.63. The number of carbonyl (C=O) groups is 2. The summed E-state index contributed by atoms with van der Waals surface area (Å²) < 4.78 is 44.9. The third kappa shape index (κ3) is 6.25. The standard InChI is InChI=1S/C28H35F3N2O5S/c1-26-11-10-23(38-25(37)33-18-6-3-5-17(13-18)28(29,30)31)27(2,16-34)22(26)9-8-21(35)20(26)14-24(36)32-15-19-7-4-12-39-19/h3-7,12-13,20-23,34-35H,8-11,14-16H2,1-2H3,(H,32,36)(H,33,37)/t20-,21-,22?,23-,26+,27+/m1/s1. The highest BCUT2D eigenvalue weighted by molar-refractivity contribution is 7.09. The first kappa shape index (κ1) is 29.4. The molecule has 4 rings (SSSR count). The minimum atomic E-state index is -4.55. The van der Waals surface area contributed by atoms with Crippen LogP contribution in [-0.2, 0) is 22.3 Å². The lowest BCUT2D eigenvalue weighted by Crippen LogP contribution is -2.61. The van der Waals surface area contributed by atoms with E-state index in [1.54, 1.807) is 11.3 Å². The molecule has 1 aromatic carbocycles. The summed E-state index contributed by atoms with van der Waals surface area (Å²) in [7, 11) is 0. The van der Waals surface area contributed by atoms with Crippen LogP contribution < -0.4 is 10.6 Å². The van der Waals surface area contributed by atoms with Gasteiger partial charge in [-0.2, -0.15) is 13.2 Å². The Morgan fingerprint density at radius 2 is 1.92 bits per heavy atom. The molecule has 2 aromatic rings. The van der Waals surface area contributed by atoms with E-state index in [9.17, 15) is 33.0 Å². The van der Waals surface area contributed by atoms with Crippen molar-refractivity contribution in [2.24, 2.45) is 22.7 Å². The third-order valence-electron chi connectivity index (χ3n) is 8.81. The van der Waals surface area contributed by atoms with Crippen LogP contribution in [0, 0.1) is 22.7 Å². The van der Waals surface area contributed by atoms with Gasteiger partial charge in [0.25, 0.3) is 0 Å². The lowest BCUT2D eigenvalue weighted by molar-refractivity contribution is -0.185. The topological polar surface area (TPSA) is 108 Å². The van der Waals surface area contributed by atoms with E-state index in [4.69, 9.17) is 4.74 Å². The first-order valence-corrected chi connectivity index (χ1v) is 14.0. The molecule has 39 heavy (non-hydrogen) atoms. The van der Waals surface area contributed by atoms with Crippen molar-refractivity contribution in [3.63, 3.8) is 0 Å². The Labute approximate surface area is 229 Å². The molecule has 214 valence electrons. The summed E-state index contributed by atoms with van der Waals surface area (Å²) in [6.07, 6.45) is -4.73. The highest BCUT2D eigenvalue weighted by Crippen LogP contribution is 2.61. The van der Waals surface area contributed by atoms with E-state index in [1.165, 1.54) is 12.1 Å². The van der Waals surface area contributed by atoms with Crippen LogP contribution >= 0.6 is 11.3 Å². The van der Waals surface area contributed by atoms with Crippen molar-refractivity contribution >= 4 is 29.0 Å². The Morgan fingerprint density at radius 1 is 1.15 bits per heavy atom. The van der Waals surface area contributed by atoms with Crippen LogP contribution in [0.2, 0.25) is 0 Å². The number of thiophene rings is 1. The van der Waals surface area contributed by atoms with E-state index in [-0.39, 0.29) is 36.5 Å². The monoisotopic (exact) mass is 568 g/mol. The number of amides is 2. The molecule has 0 saturated heterocycles. The summed E-state index contributed by atoms with van der Waals surface area (Å²) in [6, 6.07) is 8.15. The fourth-order valence-corrected chi connectivity index (χ4v) is 7.34. The molecular weight excluding hydrogens is 533 g/mol. The first-order valence-electron chi connectivity index (χ1n) is 13.1. The second kappa shape index (κ2) is 11.5. The van der Waals surface area contributed by atoms with Gasteiger partial charge in [0.1, 0.15) is 6.10 Å². The highest BCUT2D eigenvalue weighted by Gasteiger charge is 2.60. The number of aliphatic hydroxyl groups is 2. The Balaban J connectivity index is 1.45. The van der Waals surface area contributed by atoms with Gasteiger partial charge in [0, 0.05) is 22.4 Å². The summed E-state index contributed by atoms with van der Waals surface area (Å²) in [4.78, 5) is 26.6. The van der Waals surface area contributed by atoms with Gasteiger partial charge >= 0.3 is 12.3 Å². The molecule has 0 spiro atoms. The van der Waals surface area contributed by atoms with Crippen LogP contribution in [-0.4, -0.2) is 41.0 Å². The summed E-state index contributed by atoms with van der Waals surface area (Å²) >= 11 is 1.55. The molecule has 2 saturated carbocycles. The number of alkyl halides is 3. The molecular formula is C28H35F3N2O5S. The number of aliphatic hydroxyl groups excluding tert-OH is 2. The number of hydrogen-bond acceptors (Lipinski definition) is 6. The normalized spacial score (nSPS) is 30.7. The van der Waals surface area contributed by atoms with Gasteiger partial charge in [0.05, 0.1) is 24.8 Å². The predicted molar refractivity (Wildman–Crippen MR) is 141 cm³/mol. The Bertz CT molecular complexity index is 1160. The van der Waals surface area contributed by atoms with Crippen molar-refractivity contribution in [3.8, 4) is 0 Å². The number of ether oxygens (including phenoxy) is 1. The van der Waals surface area contributed by atoms with E-state index < -0.39 is 40.9 Å². The van der Waals surface area contributed by atoms with Crippen LogP contribution in [0.25, 0.3) is 0 Å². The maximum Gasteiger partial charge on any atom is 0.416 e. The van der Waals surface area contributed by atoms with E-state index in [0.717, 1.165) is 17.0 Å². The average molecular weight is 569 g/mol. The summed E-state index contributed by atoms with van der Waals surface area (Å²) in [5.74, 6) is -0.655. The van der Waals surface area contributed by atoms with E-state index in [2.05, 4.69) is 10.6 Å². The highest BCUT2D eigenvalue weighted by atomic mass is 32.1. The van der Waals surface area contributed by atoms with Crippen LogP contribution in [0.3, 0.4) is 0 Å². The third-order valence-corrected chi connectivity index (χ3v) is 9.68. The summed E-state index contributed by atoms with van der Waals surface area (Å²) in [6.45, 7) is 4.00. The molecule has 2 fully saturated rings. The van der Waals surface area contributed by atoms with Crippen LogP contribution in [0.4, 0.5) is 23.7 Å². The molecule has 2 aliphatic carbocycles. The van der Waals surface area contributed by atoms with Crippen LogP contribution in [0.1, 0.15) is 56.4 Å². The van der Waals surface area contributed by atoms with E-state index >= 15 is 0 Å². The minimum Gasteiger partial charge on any atom is -0.445 e. The van der Waals surface area contributed by atoms with Crippen molar-refractivity contribution in [2.75, 3.05) is 11.9 Å². The van der Waals surface area contributed by atoms with Gasteiger partial charge in [-0.25, -0.2) is 4.79 Å². The Kier molecular flexibility index (Phi) is 8.63. The van der Waals surface area contributed by atoms with Crippen molar-refractivity contribution in [1.82, 2.24) is 5.32 Å². The van der Waals surface area contributed by atoms with Crippen molar-refractivity contribution in [2.45, 2.75) is 70.9 Å². The molecule has 0 radical (unpaired) electrons. The van der Waals surface area contributed by atoms with Gasteiger partial charge < -0.3 is 20.3 Å². The molecule has 0 aliphatic heterocycles. The van der Waals surface area contributed by atoms with Gasteiger partial charge in [-0.1, -0.05) is 26.0 Å². The van der Waals surface area contributed by atoms with Crippen molar-refractivity contribution in [3.05, 3.63) is 52.2 Å². The van der Waals surface area contributed by atoms with Crippen molar-refractivity contribution in [1.29, 1.82) is 0 Å². The van der Waals surface area contributed by atoms with E-state index in [1.807, 2.05) is 31.4 Å². The molecule has 2 amide bonds. The Morgan fingerprint density at radius 3 is 2.59 bits per heavy atom. The number of carbonyl (C=O) groups excluding carboxylic acids is 2. The lowest BCUT2D eigenvalue weighted by Gasteiger charge is -2.60. The van der Waals surface area contributed by atoms with Gasteiger partial charge in [0.15, 0.2) is 0 Å². The quantitative estimate of drug-likeness (QED) is 0.349. The fraction of sp³-hybridized carbons (Fsp3) is 0.571. The maximum atomic E-state index is 13.1. The summed E-state index contributed by atoms with van der Waals surface area (Å²) in [5.41, 5.74) is -2.30. The molecule has 1 unspecified atom stereocenters. The first-order chi connectivity index (χ1) is 18.4. The van der Waals surface area contributed by atoms with Gasteiger partial charge in [-0.15, -0.1) is 11.3 Å². The SMILES string of the molecule is C[C@]1(CO)C2CC[C@@H](O)[C@@H](CC(=O)NCc3cccs3)[C@]2(C)CC[C@H]1OC(=O)Nc1cccc(C(F)(F)F)c1. The van der Waals surface area contributed by atoms with Gasteiger partial charge in [0.2, 0.25) is 5.91 Å². The zero-order valence-corrected chi connectivity index (χ0v) is 22.8. The zero-order chi connectivity index (χ0) is 28.4. The minimum absolute atomic E-state index is 0.0458. The van der Waals surface area contributed by atoms with Crippen LogP contribution in [0.5, 0.6) is 0 Å². The zero-order valence-electron chi connectivity index (χ0n) is 22.0. The molecule has 7 nitrogen and oxygen atoms in total. The number of anilines is 1. The second-order valence-corrected chi connectivity index (χ2v) is 12.2. The molecule has 1 heterocycles. The molecule has 1 aromatic heterocycles. The smallest absolute Gasteiger partial charge is 0.416 e. The van der Waals surface area contributed by atoms with Gasteiger partial charge in [-0.05, 0) is 72.6 Å². The number of hydrogen-bond donors (Lipinski definition) is 4. The molecule has 4 N–H and O–H groups in total. The number of benzene rings is 1. The van der Waals surface area contributed by atoms with E-state index in [0.29, 0.717) is 32.2 Å². The predicted octanol–water partition coefficient (Wildman–Crippen LogP) is 5.58. The molecule has 0 bridgehead atoms. The molecule has 2 aliphatic rings. The second-order valence-electron chi connectivity index (χ2n) is 11.2. The lowest BCUT2D eigenvalue weighted by atomic mass is 9.46.